The van der Waals surface area contributed by atoms with Crippen molar-refractivity contribution in [1.82, 2.24) is 4.98 Å². The number of aromatic amines is 1. The first-order valence-electron chi connectivity index (χ1n) is 10.8. The Morgan fingerprint density at radius 1 is 1.06 bits per heavy atom. The van der Waals surface area contributed by atoms with Gasteiger partial charge >= 0.3 is 0 Å². The van der Waals surface area contributed by atoms with Gasteiger partial charge in [-0.3, -0.25) is 4.79 Å². The van der Waals surface area contributed by atoms with Crippen LogP contribution in [0.25, 0.3) is 10.9 Å². The lowest BCUT2D eigenvalue weighted by molar-refractivity contribution is -0.132. The summed E-state index contributed by atoms with van der Waals surface area (Å²) in [6, 6.07) is 19.8. The second-order valence-electron chi connectivity index (χ2n) is 8.85. The van der Waals surface area contributed by atoms with E-state index in [1.165, 1.54) is 5.56 Å². The fourth-order valence-electron chi connectivity index (χ4n) is 4.63. The number of carbonyl (C=O) groups excluding carboxylic acids is 1. The van der Waals surface area contributed by atoms with Crippen LogP contribution in [0.15, 0.2) is 71.3 Å². The number of nitrogens with zero attached hydrogens (tertiary/aromatic N) is 1. The van der Waals surface area contributed by atoms with Crippen molar-refractivity contribution >= 4 is 38.4 Å². The van der Waals surface area contributed by atoms with Gasteiger partial charge in [0.1, 0.15) is 0 Å². The third kappa shape index (κ3) is 3.11. The summed E-state index contributed by atoms with van der Waals surface area (Å²) in [4.78, 5) is 18.8. The maximum Gasteiger partial charge on any atom is 0.268 e. The van der Waals surface area contributed by atoms with Gasteiger partial charge in [-0.15, -0.1) is 0 Å². The number of aryl methyl sites for hydroxylation is 1. The summed E-state index contributed by atoms with van der Waals surface area (Å²) in [5.41, 5.74) is 4.49. The van der Waals surface area contributed by atoms with Crippen molar-refractivity contribution in [3.63, 3.8) is 0 Å². The number of nitrogens with one attached hydrogen (secondary N) is 1. The number of benzene rings is 3. The number of hydrogen-bond acceptors (Lipinski definition) is 2. The summed E-state index contributed by atoms with van der Waals surface area (Å²) >= 11 is 3.52. The molecule has 3 aromatic carbocycles. The number of aromatic nitrogens is 1. The molecule has 2 heterocycles. The zero-order chi connectivity index (χ0) is 22.6. The molecule has 1 atom stereocenters. The maximum atomic E-state index is 13.9. The van der Waals surface area contributed by atoms with E-state index in [1.54, 1.807) is 11.1 Å². The molecule has 5 rings (SSSR count). The van der Waals surface area contributed by atoms with Gasteiger partial charge in [-0.1, -0.05) is 66.2 Å². The average molecular weight is 489 g/mol. The predicted molar refractivity (Wildman–Crippen MR) is 132 cm³/mol. The van der Waals surface area contributed by atoms with E-state index in [2.05, 4.69) is 59.9 Å². The molecule has 4 aromatic rings. The molecule has 1 aliphatic heterocycles. The van der Waals surface area contributed by atoms with Gasteiger partial charge in [0.25, 0.3) is 5.91 Å². The number of anilines is 1. The molecule has 32 heavy (non-hydrogen) atoms. The minimum absolute atomic E-state index is 0.329. The molecule has 0 spiro atoms. The van der Waals surface area contributed by atoms with E-state index in [0.29, 0.717) is 23.6 Å². The smallest absolute Gasteiger partial charge is 0.268 e. The number of halogens is 1. The number of hydrogen-bond donors (Lipinski definition) is 2. The number of para-hydroxylation sites is 1. The highest BCUT2D eigenvalue weighted by molar-refractivity contribution is 9.10. The molecule has 0 saturated heterocycles. The normalized spacial score (nSPS) is 18.1. The van der Waals surface area contributed by atoms with Gasteiger partial charge in [0, 0.05) is 32.7 Å². The first-order chi connectivity index (χ1) is 15.3. The highest BCUT2D eigenvalue weighted by atomic mass is 79.9. The van der Waals surface area contributed by atoms with E-state index in [9.17, 15) is 9.90 Å². The zero-order valence-electron chi connectivity index (χ0n) is 18.3. The lowest BCUT2D eigenvalue weighted by Gasteiger charge is -2.24. The summed E-state index contributed by atoms with van der Waals surface area (Å²) in [7, 11) is 0. The number of carbonyl (C=O) groups is 1. The molecule has 1 aliphatic rings. The molecule has 1 unspecified atom stereocenters. The van der Waals surface area contributed by atoms with Crippen molar-refractivity contribution in [2.75, 3.05) is 4.90 Å². The number of rotatable bonds is 4. The fourth-order valence-corrected chi connectivity index (χ4v) is 4.99. The van der Waals surface area contributed by atoms with E-state index < -0.39 is 5.60 Å². The summed E-state index contributed by atoms with van der Waals surface area (Å²) in [5.74, 6) is 0.0692. The molecular formula is C27H25BrN2O2. The van der Waals surface area contributed by atoms with Crippen LogP contribution in [-0.2, 0) is 16.9 Å². The van der Waals surface area contributed by atoms with Gasteiger partial charge in [0.15, 0.2) is 5.60 Å². The molecule has 0 aliphatic carbocycles. The summed E-state index contributed by atoms with van der Waals surface area (Å²) in [6.07, 6.45) is 1.75. The topological polar surface area (TPSA) is 56.3 Å². The SMILES string of the molecule is Cc1ccc(C(C)C)cc1CN1C(=O)C(O)(c2c[nH]c3ccccc23)c2cc(Br)ccc21. The number of amides is 1. The number of H-pyrrole nitrogens is 1. The van der Waals surface area contributed by atoms with Crippen LogP contribution >= 0.6 is 15.9 Å². The minimum Gasteiger partial charge on any atom is -0.372 e. The number of aliphatic hydroxyl groups is 1. The van der Waals surface area contributed by atoms with E-state index in [0.717, 1.165) is 32.2 Å². The van der Waals surface area contributed by atoms with Crippen molar-refractivity contribution in [1.29, 1.82) is 0 Å². The summed E-state index contributed by atoms with van der Waals surface area (Å²) in [5, 5.41) is 12.9. The Hall–Kier alpha value is -2.89. The molecule has 0 saturated carbocycles. The van der Waals surface area contributed by atoms with Crippen molar-refractivity contribution in [3.8, 4) is 0 Å². The zero-order valence-corrected chi connectivity index (χ0v) is 19.9. The van der Waals surface area contributed by atoms with Crippen LogP contribution in [0.2, 0.25) is 0 Å². The third-order valence-corrected chi connectivity index (χ3v) is 7.03. The molecule has 1 aromatic heterocycles. The molecule has 2 N–H and O–H groups in total. The molecule has 5 heteroatoms. The van der Waals surface area contributed by atoms with Crippen molar-refractivity contribution < 1.29 is 9.90 Å². The lowest BCUT2D eigenvalue weighted by atomic mass is 9.87. The Morgan fingerprint density at radius 3 is 2.62 bits per heavy atom. The summed E-state index contributed by atoms with van der Waals surface area (Å²) in [6.45, 7) is 6.80. The molecule has 162 valence electrons. The molecule has 0 fully saturated rings. The van der Waals surface area contributed by atoms with Crippen LogP contribution in [0.3, 0.4) is 0 Å². The largest absolute Gasteiger partial charge is 0.372 e. The molecule has 4 nitrogen and oxygen atoms in total. The molecular weight excluding hydrogens is 464 g/mol. The van der Waals surface area contributed by atoms with Gasteiger partial charge in [-0.2, -0.15) is 0 Å². The Kier molecular flexibility index (Phi) is 4.99. The molecule has 0 bridgehead atoms. The Labute approximate surface area is 196 Å². The van der Waals surface area contributed by atoms with E-state index in [-0.39, 0.29) is 5.91 Å². The van der Waals surface area contributed by atoms with Crippen LogP contribution in [0.1, 0.15) is 47.6 Å². The second-order valence-corrected chi connectivity index (χ2v) is 9.77. The summed E-state index contributed by atoms with van der Waals surface area (Å²) < 4.78 is 0.821. The Balaban J connectivity index is 1.66. The van der Waals surface area contributed by atoms with Gasteiger partial charge in [-0.25, -0.2) is 0 Å². The van der Waals surface area contributed by atoms with E-state index in [1.807, 2.05) is 42.5 Å². The first kappa shape index (κ1) is 21.0. The highest BCUT2D eigenvalue weighted by Crippen LogP contribution is 2.48. The van der Waals surface area contributed by atoms with Gasteiger partial charge in [-0.05, 0) is 53.8 Å². The van der Waals surface area contributed by atoms with Crippen LogP contribution in [0, 0.1) is 6.92 Å². The van der Waals surface area contributed by atoms with Crippen molar-refractivity contribution in [2.45, 2.75) is 38.8 Å². The minimum atomic E-state index is -1.76. The van der Waals surface area contributed by atoms with E-state index in [4.69, 9.17) is 0 Å². The highest BCUT2D eigenvalue weighted by Gasteiger charge is 2.52. The van der Waals surface area contributed by atoms with E-state index >= 15 is 0 Å². The molecule has 1 amide bonds. The number of fused-ring (bicyclic) bond motifs is 2. The fraction of sp³-hybridized carbons (Fsp3) is 0.222. The molecule has 0 radical (unpaired) electrons. The van der Waals surface area contributed by atoms with Gasteiger partial charge in [0.05, 0.1) is 12.2 Å². The standard InChI is InChI=1S/C27H25BrN2O2/c1-16(2)18-9-8-17(3)19(12-18)15-30-25-11-10-20(28)13-22(25)27(32,26(30)31)23-14-29-24-7-5-4-6-21(23)24/h4-14,16,29,32H,15H2,1-3H3. The maximum absolute atomic E-state index is 13.9. The van der Waals surface area contributed by atoms with Crippen molar-refractivity contribution in [2.24, 2.45) is 0 Å². The van der Waals surface area contributed by atoms with Crippen LogP contribution in [-0.4, -0.2) is 16.0 Å². The Morgan fingerprint density at radius 2 is 1.84 bits per heavy atom. The lowest BCUT2D eigenvalue weighted by Crippen LogP contribution is -2.40. The second kappa shape index (κ2) is 7.61. The monoisotopic (exact) mass is 488 g/mol. The van der Waals surface area contributed by atoms with Gasteiger partial charge < -0.3 is 15.0 Å². The van der Waals surface area contributed by atoms with Crippen LogP contribution < -0.4 is 4.90 Å². The van der Waals surface area contributed by atoms with Crippen molar-refractivity contribution in [3.05, 3.63) is 99.2 Å². The quantitative estimate of drug-likeness (QED) is 0.362. The third-order valence-electron chi connectivity index (χ3n) is 6.54. The Bertz CT molecular complexity index is 1360. The average Bonchev–Trinajstić information content (AvgIpc) is 3.29. The first-order valence-corrected chi connectivity index (χ1v) is 11.6. The van der Waals surface area contributed by atoms with Gasteiger partial charge in [0.2, 0.25) is 0 Å². The predicted octanol–water partition coefficient (Wildman–Crippen LogP) is 6.14. The van der Waals surface area contributed by atoms with Crippen LogP contribution in [0.5, 0.6) is 0 Å². The van der Waals surface area contributed by atoms with Crippen LogP contribution in [0.4, 0.5) is 5.69 Å².